The van der Waals surface area contributed by atoms with Gasteiger partial charge in [0.25, 0.3) is 0 Å². The Balaban J connectivity index is 1.74. The van der Waals surface area contributed by atoms with E-state index in [0.29, 0.717) is 0 Å². The summed E-state index contributed by atoms with van der Waals surface area (Å²) in [6.07, 6.45) is -31.5. The van der Waals surface area contributed by atoms with E-state index in [2.05, 4.69) is 21.3 Å². The maximum atomic E-state index is 12.8. The van der Waals surface area contributed by atoms with E-state index in [-0.39, 0.29) is 0 Å². The van der Waals surface area contributed by atoms with E-state index in [9.17, 15) is 79.8 Å². The molecular formula is C38H62N4O25. The Hall–Kier alpha value is -3.86. The topological polar surface area (TPSA) is 436 Å². The van der Waals surface area contributed by atoms with Gasteiger partial charge in [-0.25, -0.2) is 9.59 Å². The van der Waals surface area contributed by atoms with Crippen LogP contribution >= 0.6 is 0 Å². The zero-order valence-electron chi connectivity index (χ0n) is 37.1. The van der Waals surface area contributed by atoms with Gasteiger partial charge in [-0.05, 0) is 13.8 Å². The van der Waals surface area contributed by atoms with Crippen molar-refractivity contribution in [1.82, 2.24) is 21.3 Å². The van der Waals surface area contributed by atoms with Crippen molar-refractivity contribution in [3.8, 4) is 0 Å². The normalized spacial score (nSPS) is 39.9. The molecule has 0 aromatic rings. The molecule has 4 heterocycles. The molecule has 0 unspecified atom stereocenters. The van der Waals surface area contributed by atoms with Gasteiger partial charge in [-0.2, -0.15) is 0 Å². The fourth-order valence-corrected chi connectivity index (χ4v) is 8.05. The number of carbonyl (C=O) groups excluding carboxylic acids is 4. The van der Waals surface area contributed by atoms with Crippen LogP contribution in [0.4, 0.5) is 0 Å². The van der Waals surface area contributed by atoms with Gasteiger partial charge in [0.05, 0.1) is 26.4 Å². The Morgan fingerprint density at radius 3 is 1.21 bits per heavy atom. The number of aliphatic hydroxyl groups is 8. The monoisotopic (exact) mass is 974 g/mol. The minimum Gasteiger partial charge on any atom is -0.479 e. The van der Waals surface area contributed by atoms with Crippen LogP contribution in [0.3, 0.4) is 0 Å². The number of carbonyl (C=O) groups is 6. The molecule has 4 rings (SSSR count). The molecular weight excluding hydrogens is 912 g/mol. The van der Waals surface area contributed by atoms with Gasteiger partial charge in [-0.15, -0.1) is 0 Å². The van der Waals surface area contributed by atoms with Crippen LogP contribution in [0.1, 0.15) is 41.5 Å². The summed E-state index contributed by atoms with van der Waals surface area (Å²) in [5.74, 6) is -6.10. The first-order valence-corrected chi connectivity index (χ1v) is 21.1. The Morgan fingerprint density at radius 1 is 0.448 bits per heavy atom. The van der Waals surface area contributed by atoms with Crippen molar-refractivity contribution in [2.24, 2.45) is 0 Å². The highest BCUT2D eigenvalue weighted by molar-refractivity contribution is 5.75. The van der Waals surface area contributed by atoms with E-state index >= 15 is 0 Å². The second-order valence-electron chi connectivity index (χ2n) is 16.3. The SMILES string of the molecule is CC(=O)N[C@@H]1[C@@H](O)[C@H](O[C@@H]2O[C@H](CO)[C@@H](O[C@@H]3O[C@H](CO)[C@@H](O[C@@H]4O[C@H](CO)[C@@H](O)[C@H](O[C@H](C)C(=O)O)[C@H]4NC(C)=O)[C@H](O)[C@H]3NC(C)=O)[C@H](O[C@H](C)C(=O)O)[C@H]2NC(C)=O)[C@@H](CO)O[C@H]1O. The molecule has 29 nitrogen and oxygen atoms in total. The summed E-state index contributed by atoms with van der Waals surface area (Å²) < 4.78 is 53.1. The molecule has 22 atom stereocenters. The fraction of sp³-hybridized carbons (Fsp3) is 0.842. The third-order valence-corrected chi connectivity index (χ3v) is 11.2. The van der Waals surface area contributed by atoms with E-state index in [1.165, 1.54) is 0 Å². The number of aliphatic carboxylic acids is 2. The number of carboxylic acids is 2. The summed E-state index contributed by atoms with van der Waals surface area (Å²) in [5.41, 5.74) is 0. The molecule has 0 saturated carbocycles. The molecule has 0 aromatic carbocycles. The van der Waals surface area contributed by atoms with Gasteiger partial charge in [0.2, 0.25) is 23.6 Å². The number of hydrogen-bond acceptors (Lipinski definition) is 23. The van der Waals surface area contributed by atoms with Crippen LogP contribution in [-0.2, 0) is 71.4 Å². The van der Waals surface area contributed by atoms with Crippen LogP contribution in [0.15, 0.2) is 0 Å². The number of carboxylic acid groups (broad SMARTS) is 2. The average molecular weight is 975 g/mol. The zero-order chi connectivity index (χ0) is 50.2. The van der Waals surface area contributed by atoms with E-state index in [1.54, 1.807) is 0 Å². The highest BCUT2D eigenvalue weighted by atomic mass is 16.8. The lowest BCUT2D eigenvalue weighted by Crippen LogP contribution is -2.72. The van der Waals surface area contributed by atoms with Crippen molar-refractivity contribution in [3.63, 3.8) is 0 Å². The lowest BCUT2D eigenvalue weighted by atomic mass is 9.93. The second kappa shape index (κ2) is 24.6. The average Bonchev–Trinajstić information content (AvgIpc) is 3.25. The summed E-state index contributed by atoms with van der Waals surface area (Å²) in [4.78, 5) is 73.7. The van der Waals surface area contributed by atoms with Crippen molar-refractivity contribution in [2.75, 3.05) is 26.4 Å². The molecule has 4 aliphatic rings. The van der Waals surface area contributed by atoms with Gasteiger partial charge in [-0.1, -0.05) is 0 Å². The molecule has 0 aromatic heterocycles. The van der Waals surface area contributed by atoms with E-state index in [0.717, 1.165) is 41.5 Å². The van der Waals surface area contributed by atoms with Crippen molar-refractivity contribution in [1.29, 1.82) is 0 Å². The third kappa shape index (κ3) is 13.7. The predicted octanol–water partition coefficient (Wildman–Crippen LogP) is -8.18. The van der Waals surface area contributed by atoms with Crippen molar-refractivity contribution < 1.29 is 122 Å². The highest BCUT2D eigenvalue weighted by Crippen LogP contribution is 2.36. The summed E-state index contributed by atoms with van der Waals surface area (Å²) in [7, 11) is 0. The Labute approximate surface area is 381 Å². The first kappa shape index (κ1) is 55.7. The summed E-state index contributed by atoms with van der Waals surface area (Å²) >= 11 is 0. The molecule has 4 amide bonds. The summed E-state index contributed by atoms with van der Waals surface area (Å²) in [6.45, 7) is 2.62. The van der Waals surface area contributed by atoms with Crippen molar-refractivity contribution in [3.05, 3.63) is 0 Å². The third-order valence-electron chi connectivity index (χ3n) is 11.2. The lowest BCUT2D eigenvalue weighted by Gasteiger charge is -2.52. The van der Waals surface area contributed by atoms with Crippen LogP contribution in [0.5, 0.6) is 0 Å². The Morgan fingerprint density at radius 2 is 0.776 bits per heavy atom. The molecule has 4 fully saturated rings. The molecule has 4 aliphatic heterocycles. The molecule has 0 radical (unpaired) electrons. The number of ether oxygens (including phenoxy) is 9. The molecule has 0 bridgehead atoms. The molecule has 14 N–H and O–H groups in total. The number of rotatable bonds is 20. The van der Waals surface area contributed by atoms with Crippen molar-refractivity contribution in [2.45, 2.75) is 176 Å². The van der Waals surface area contributed by atoms with Gasteiger partial charge < -0.3 is 115 Å². The van der Waals surface area contributed by atoms with Gasteiger partial charge in [0.1, 0.15) is 97.4 Å². The van der Waals surface area contributed by atoms with E-state index in [1.807, 2.05) is 0 Å². The minimum atomic E-state index is -2.01. The molecule has 384 valence electrons. The van der Waals surface area contributed by atoms with Gasteiger partial charge >= 0.3 is 11.9 Å². The maximum Gasteiger partial charge on any atom is 0.332 e. The molecule has 0 spiro atoms. The number of nitrogens with one attached hydrogen (secondary N) is 4. The quantitative estimate of drug-likeness (QED) is 0.0539. The van der Waals surface area contributed by atoms with Crippen LogP contribution in [0.2, 0.25) is 0 Å². The molecule has 0 aliphatic carbocycles. The number of amides is 4. The van der Waals surface area contributed by atoms with E-state index in [4.69, 9.17) is 42.6 Å². The maximum absolute atomic E-state index is 12.8. The fourth-order valence-electron chi connectivity index (χ4n) is 8.05. The predicted molar refractivity (Wildman–Crippen MR) is 212 cm³/mol. The van der Waals surface area contributed by atoms with Crippen LogP contribution in [0, 0.1) is 0 Å². The number of hydrogen-bond donors (Lipinski definition) is 14. The second-order valence-corrected chi connectivity index (χ2v) is 16.3. The van der Waals surface area contributed by atoms with Gasteiger partial charge in [0.15, 0.2) is 37.4 Å². The highest BCUT2D eigenvalue weighted by Gasteiger charge is 2.57. The zero-order valence-corrected chi connectivity index (χ0v) is 37.1. The smallest absolute Gasteiger partial charge is 0.332 e. The first-order chi connectivity index (χ1) is 31.5. The summed E-state index contributed by atoms with van der Waals surface area (Å²) in [5, 5.41) is 115. The molecule has 67 heavy (non-hydrogen) atoms. The molecule has 4 saturated heterocycles. The minimum absolute atomic E-state index is 0.708. The van der Waals surface area contributed by atoms with Crippen LogP contribution < -0.4 is 21.3 Å². The first-order valence-electron chi connectivity index (χ1n) is 21.1. The Bertz CT molecular complexity index is 1700. The van der Waals surface area contributed by atoms with Crippen molar-refractivity contribution >= 4 is 35.6 Å². The van der Waals surface area contributed by atoms with Crippen LogP contribution in [0.25, 0.3) is 0 Å². The van der Waals surface area contributed by atoms with Gasteiger partial charge in [-0.3, -0.25) is 19.2 Å². The standard InChI is InChI=1S/C38H62N4O25/c1-11(33(54)55)59-31-23(41-15(5)49)37(62-17(7-43)25(31)51)66-29-19(9-45)63-36(22(27(29)53)40-14(4)48)67-30-20(10-46)64-38(24(42-16(6)50)32(30)60-12(2)34(56)57)65-28-18(8-44)61-35(58)21(26(28)52)39-13(3)47/h11-12,17-32,35-38,43-46,51-53,58H,7-10H2,1-6H3,(H,39,47)(H,40,48)(H,41,49)(H,42,50)(H,54,55)(H,56,57)/t11-,12-,17-,18-,19-,20-,21-,22-,23-,24-,25-,26-,27-,28-,29-,30-,31-,32-,35-,36+,37+,38+/m1/s1. The van der Waals surface area contributed by atoms with E-state index < -0.39 is 197 Å². The molecule has 29 heteroatoms. The van der Waals surface area contributed by atoms with Gasteiger partial charge in [0, 0.05) is 27.7 Å². The number of aliphatic hydroxyl groups excluding tert-OH is 8. The van der Waals surface area contributed by atoms with Crippen LogP contribution in [-0.4, -0.2) is 248 Å². The largest absolute Gasteiger partial charge is 0.479 e. The lowest BCUT2D eigenvalue weighted by molar-refractivity contribution is -0.365. The summed E-state index contributed by atoms with van der Waals surface area (Å²) in [6, 6.07) is -6.52. The Kier molecular flexibility index (Phi) is 20.5.